The van der Waals surface area contributed by atoms with Crippen LogP contribution in [0.2, 0.25) is 0 Å². The van der Waals surface area contributed by atoms with Crippen LogP contribution in [0.5, 0.6) is 0 Å². The zero-order valence-corrected chi connectivity index (χ0v) is 15.7. The molecule has 1 aromatic carbocycles. The molecule has 3 aromatic rings. The van der Waals surface area contributed by atoms with Crippen LogP contribution >= 0.6 is 0 Å². The number of benzene rings is 1. The Morgan fingerprint density at radius 2 is 1.93 bits per heavy atom. The lowest BCUT2D eigenvalue weighted by molar-refractivity contribution is -0.151. The number of methoxy groups -OCH3 is 1. The van der Waals surface area contributed by atoms with Crippen molar-refractivity contribution in [3.05, 3.63) is 72.2 Å². The van der Waals surface area contributed by atoms with Gasteiger partial charge in [0.25, 0.3) is 0 Å². The maximum Gasteiger partial charge on any atom is 0.347 e. The Morgan fingerprint density at radius 3 is 2.57 bits per heavy atom. The van der Waals surface area contributed by atoms with Gasteiger partial charge in [-0.2, -0.15) is 5.10 Å². The summed E-state index contributed by atoms with van der Waals surface area (Å²) in [6.45, 7) is 2.24. The molecule has 0 aliphatic heterocycles. The Morgan fingerprint density at radius 1 is 1.14 bits per heavy atom. The van der Waals surface area contributed by atoms with Crippen molar-refractivity contribution in [2.24, 2.45) is 0 Å². The van der Waals surface area contributed by atoms with E-state index in [0.29, 0.717) is 24.2 Å². The van der Waals surface area contributed by atoms with Gasteiger partial charge in [-0.3, -0.25) is 9.67 Å². The Balaban J connectivity index is 1.93. The Labute approximate surface area is 162 Å². The van der Waals surface area contributed by atoms with E-state index in [4.69, 9.17) is 9.47 Å². The molecule has 28 heavy (non-hydrogen) atoms. The molecule has 0 saturated carbocycles. The van der Waals surface area contributed by atoms with Gasteiger partial charge >= 0.3 is 11.9 Å². The number of carbonyl (C=O) groups is 2. The van der Waals surface area contributed by atoms with E-state index < -0.39 is 18.0 Å². The highest BCUT2D eigenvalue weighted by molar-refractivity contribution is 5.97. The summed E-state index contributed by atoms with van der Waals surface area (Å²) >= 11 is 0. The minimum absolute atomic E-state index is 0.270. The maximum absolute atomic E-state index is 12.8. The molecule has 1 unspecified atom stereocenters. The summed E-state index contributed by atoms with van der Waals surface area (Å²) in [5.74, 6) is -1.22. The van der Waals surface area contributed by atoms with Gasteiger partial charge in [0.1, 0.15) is 11.3 Å². The molecule has 0 amide bonds. The summed E-state index contributed by atoms with van der Waals surface area (Å²) in [6.07, 6.45) is 4.26. The fourth-order valence-electron chi connectivity index (χ4n) is 2.76. The summed E-state index contributed by atoms with van der Waals surface area (Å²) in [5.41, 5.74) is 2.45. The number of hydrogen-bond acceptors (Lipinski definition) is 6. The zero-order chi connectivity index (χ0) is 19.9. The Bertz CT molecular complexity index is 939. The molecule has 7 heteroatoms. The third-order valence-electron chi connectivity index (χ3n) is 4.19. The molecule has 1 atom stereocenters. The van der Waals surface area contributed by atoms with Gasteiger partial charge in [0.05, 0.1) is 13.7 Å². The van der Waals surface area contributed by atoms with Crippen LogP contribution in [0.1, 0.15) is 29.3 Å². The Hall–Kier alpha value is -3.48. The number of aromatic nitrogens is 3. The molecule has 7 nitrogen and oxygen atoms in total. The molecule has 0 bridgehead atoms. The number of nitrogens with zero attached hydrogens (tertiary/aromatic N) is 3. The lowest BCUT2D eigenvalue weighted by atomic mass is 10.1. The van der Waals surface area contributed by atoms with E-state index in [-0.39, 0.29) is 5.56 Å². The van der Waals surface area contributed by atoms with Gasteiger partial charge < -0.3 is 9.47 Å². The molecule has 0 spiro atoms. The SMILES string of the molecule is CCC(OC(=O)c1cn(Cc2ccccc2)nc1-c1cccnc1)C(=O)OC. The van der Waals surface area contributed by atoms with Gasteiger partial charge in [-0.25, -0.2) is 9.59 Å². The number of rotatable bonds is 7. The maximum atomic E-state index is 12.8. The van der Waals surface area contributed by atoms with Crippen LogP contribution in [0.4, 0.5) is 0 Å². The van der Waals surface area contributed by atoms with Gasteiger partial charge in [0.15, 0.2) is 6.10 Å². The topological polar surface area (TPSA) is 83.3 Å². The van der Waals surface area contributed by atoms with Crippen molar-refractivity contribution in [3.63, 3.8) is 0 Å². The average Bonchev–Trinajstić information content (AvgIpc) is 3.16. The first-order chi connectivity index (χ1) is 13.6. The molecular weight excluding hydrogens is 358 g/mol. The summed E-state index contributed by atoms with van der Waals surface area (Å²) in [4.78, 5) is 28.7. The number of ether oxygens (including phenoxy) is 2. The second-order valence-electron chi connectivity index (χ2n) is 6.14. The van der Waals surface area contributed by atoms with E-state index in [1.165, 1.54) is 7.11 Å². The van der Waals surface area contributed by atoms with Crippen LogP contribution in [0.3, 0.4) is 0 Å². The third kappa shape index (κ3) is 4.43. The smallest absolute Gasteiger partial charge is 0.347 e. The highest BCUT2D eigenvalue weighted by Crippen LogP contribution is 2.23. The molecule has 2 aromatic heterocycles. The highest BCUT2D eigenvalue weighted by Gasteiger charge is 2.26. The Kier molecular flexibility index (Phi) is 6.16. The second-order valence-corrected chi connectivity index (χ2v) is 6.14. The largest absolute Gasteiger partial charge is 0.466 e. The van der Waals surface area contributed by atoms with Gasteiger partial charge in [0, 0.05) is 24.2 Å². The molecular formula is C21H21N3O4. The predicted molar refractivity (Wildman–Crippen MR) is 103 cm³/mol. The number of pyridine rings is 1. The van der Waals surface area contributed by atoms with Crippen LogP contribution in [0.25, 0.3) is 11.3 Å². The minimum Gasteiger partial charge on any atom is -0.466 e. The first-order valence-electron chi connectivity index (χ1n) is 8.93. The quantitative estimate of drug-likeness (QED) is 0.587. The van der Waals surface area contributed by atoms with Crippen molar-refractivity contribution in [2.45, 2.75) is 26.0 Å². The molecule has 0 radical (unpaired) electrons. The van der Waals surface area contributed by atoms with Crippen molar-refractivity contribution in [1.82, 2.24) is 14.8 Å². The standard InChI is InChI=1S/C21H21N3O4/c1-3-18(21(26)27-2)28-20(25)17-14-24(13-15-8-5-4-6-9-15)23-19(17)16-10-7-11-22-12-16/h4-12,14,18H,3,13H2,1-2H3. The van der Waals surface area contributed by atoms with Crippen LogP contribution in [0.15, 0.2) is 61.1 Å². The van der Waals surface area contributed by atoms with Gasteiger partial charge in [-0.1, -0.05) is 37.3 Å². The number of esters is 2. The van der Waals surface area contributed by atoms with Crippen LogP contribution in [0, 0.1) is 0 Å². The van der Waals surface area contributed by atoms with E-state index in [9.17, 15) is 9.59 Å². The van der Waals surface area contributed by atoms with Gasteiger partial charge in [-0.05, 0) is 24.1 Å². The summed E-state index contributed by atoms with van der Waals surface area (Å²) in [7, 11) is 1.26. The molecule has 3 rings (SSSR count). The minimum atomic E-state index is -0.961. The van der Waals surface area contributed by atoms with Crippen molar-refractivity contribution in [3.8, 4) is 11.3 Å². The second kappa shape index (κ2) is 8.94. The van der Waals surface area contributed by atoms with E-state index >= 15 is 0 Å². The fourth-order valence-corrected chi connectivity index (χ4v) is 2.76. The van der Waals surface area contributed by atoms with E-state index in [0.717, 1.165) is 5.56 Å². The molecule has 0 N–H and O–H groups in total. The molecule has 0 fully saturated rings. The summed E-state index contributed by atoms with van der Waals surface area (Å²) < 4.78 is 11.7. The normalized spacial score (nSPS) is 11.6. The lowest BCUT2D eigenvalue weighted by Crippen LogP contribution is -2.27. The van der Waals surface area contributed by atoms with Gasteiger partial charge in [0.2, 0.25) is 0 Å². The fraction of sp³-hybridized carbons (Fsp3) is 0.238. The summed E-state index contributed by atoms with van der Waals surface area (Å²) in [5, 5.41) is 4.55. The van der Waals surface area contributed by atoms with Crippen molar-refractivity contribution in [1.29, 1.82) is 0 Å². The number of hydrogen-bond donors (Lipinski definition) is 0. The molecule has 0 aliphatic carbocycles. The van der Waals surface area contributed by atoms with Crippen molar-refractivity contribution < 1.29 is 19.1 Å². The third-order valence-corrected chi connectivity index (χ3v) is 4.19. The lowest BCUT2D eigenvalue weighted by Gasteiger charge is -2.13. The van der Waals surface area contributed by atoms with Gasteiger partial charge in [-0.15, -0.1) is 0 Å². The molecule has 0 saturated heterocycles. The molecule has 144 valence electrons. The summed E-state index contributed by atoms with van der Waals surface area (Å²) in [6, 6.07) is 13.4. The van der Waals surface area contributed by atoms with E-state index in [1.54, 1.807) is 36.3 Å². The van der Waals surface area contributed by atoms with Crippen LogP contribution < -0.4 is 0 Å². The van der Waals surface area contributed by atoms with Crippen LogP contribution in [-0.2, 0) is 20.8 Å². The van der Waals surface area contributed by atoms with E-state index in [2.05, 4.69) is 10.1 Å². The number of carbonyl (C=O) groups excluding carboxylic acids is 2. The predicted octanol–water partition coefficient (Wildman–Crippen LogP) is 3.10. The zero-order valence-electron chi connectivity index (χ0n) is 15.7. The first kappa shape index (κ1) is 19.3. The first-order valence-corrected chi connectivity index (χ1v) is 8.93. The molecule has 0 aliphatic rings. The van der Waals surface area contributed by atoms with Crippen molar-refractivity contribution >= 4 is 11.9 Å². The highest BCUT2D eigenvalue weighted by atomic mass is 16.6. The van der Waals surface area contributed by atoms with Crippen LogP contribution in [-0.4, -0.2) is 39.9 Å². The van der Waals surface area contributed by atoms with Crippen molar-refractivity contribution in [2.75, 3.05) is 7.11 Å². The van der Waals surface area contributed by atoms with E-state index in [1.807, 2.05) is 36.4 Å². The average molecular weight is 379 g/mol. The molecule has 2 heterocycles. The monoisotopic (exact) mass is 379 g/mol.